The molecule has 0 atom stereocenters. The average Bonchev–Trinajstić information content (AvgIpc) is 3.41. The van der Waals surface area contributed by atoms with E-state index in [4.69, 9.17) is 9.72 Å². The van der Waals surface area contributed by atoms with Crippen molar-refractivity contribution in [1.82, 2.24) is 14.9 Å². The molecular weight excluding hydrogens is 466 g/mol. The lowest BCUT2D eigenvalue weighted by atomic mass is 10.1. The zero-order chi connectivity index (χ0) is 25.4. The molecule has 3 heterocycles. The Morgan fingerprint density at radius 3 is 2.62 bits per heavy atom. The first-order chi connectivity index (χ1) is 18.1. The van der Waals surface area contributed by atoms with Crippen molar-refractivity contribution in [3.05, 3.63) is 48.7 Å². The molecule has 9 heteroatoms. The van der Waals surface area contributed by atoms with Crippen LogP contribution in [0.25, 0.3) is 11.3 Å². The van der Waals surface area contributed by atoms with Gasteiger partial charge in [0, 0.05) is 49.5 Å². The van der Waals surface area contributed by atoms with Crippen LogP contribution in [-0.4, -0.2) is 67.3 Å². The predicted molar refractivity (Wildman–Crippen MR) is 147 cm³/mol. The SMILES string of the molecule is COc1cc(N2CCN(C)CC2)ccc1Nc1ncc2c(n1)-c1ccccc1N(C1CCCC1)C(=O)N2. The van der Waals surface area contributed by atoms with E-state index >= 15 is 0 Å². The maximum Gasteiger partial charge on any atom is 0.326 e. The van der Waals surface area contributed by atoms with E-state index in [1.54, 1.807) is 13.3 Å². The molecule has 192 valence electrons. The molecule has 37 heavy (non-hydrogen) atoms. The largest absolute Gasteiger partial charge is 0.494 e. The van der Waals surface area contributed by atoms with Crippen LogP contribution in [0.4, 0.5) is 33.5 Å². The first-order valence-electron chi connectivity index (χ1n) is 13.1. The smallest absolute Gasteiger partial charge is 0.326 e. The number of carbonyl (C=O) groups is 1. The van der Waals surface area contributed by atoms with Crippen LogP contribution in [0.2, 0.25) is 0 Å². The van der Waals surface area contributed by atoms with Gasteiger partial charge in [0.15, 0.2) is 0 Å². The van der Waals surface area contributed by atoms with Crippen molar-refractivity contribution in [2.75, 3.05) is 60.8 Å². The van der Waals surface area contributed by atoms with Crippen LogP contribution in [-0.2, 0) is 0 Å². The summed E-state index contributed by atoms with van der Waals surface area (Å²) in [6.07, 6.45) is 6.00. The molecule has 0 unspecified atom stereocenters. The number of benzene rings is 2. The molecule has 0 spiro atoms. The van der Waals surface area contributed by atoms with E-state index in [0.717, 1.165) is 80.2 Å². The third-order valence-electron chi connectivity index (χ3n) is 7.66. The highest BCUT2D eigenvalue weighted by molar-refractivity contribution is 6.09. The van der Waals surface area contributed by atoms with Crippen LogP contribution in [0.3, 0.4) is 0 Å². The number of hydrogen-bond donors (Lipinski definition) is 2. The quantitative estimate of drug-likeness (QED) is 0.514. The lowest BCUT2D eigenvalue weighted by molar-refractivity contribution is 0.255. The number of amides is 2. The molecule has 1 aliphatic carbocycles. The van der Waals surface area contributed by atoms with Crippen LogP contribution in [0.1, 0.15) is 25.7 Å². The number of likely N-dealkylation sites (N-methyl/N-ethyl adjacent to an activating group) is 1. The number of para-hydroxylation sites is 1. The Kier molecular flexibility index (Phi) is 6.30. The maximum absolute atomic E-state index is 13.3. The number of ether oxygens (including phenoxy) is 1. The van der Waals surface area contributed by atoms with Gasteiger partial charge in [0.1, 0.15) is 11.4 Å². The van der Waals surface area contributed by atoms with Gasteiger partial charge in [-0.05, 0) is 38.1 Å². The van der Waals surface area contributed by atoms with Gasteiger partial charge >= 0.3 is 6.03 Å². The van der Waals surface area contributed by atoms with Gasteiger partial charge in [-0.1, -0.05) is 31.0 Å². The lowest BCUT2D eigenvalue weighted by Crippen LogP contribution is -2.44. The number of piperazine rings is 1. The van der Waals surface area contributed by atoms with Gasteiger partial charge < -0.3 is 25.2 Å². The molecule has 2 amide bonds. The zero-order valence-corrected chi connectivity index (χ0v) is 21.4. The molecule has 0 bridgehead atoms. The standard InChI is InChI=1S/C28H33N7O2/c1-33-13-15-34(16-14-33)20-11-12-22(25(17-20)37-2)30-27-29-18-23-26(32-27)21-9-5-6-10-24(21)35(28(36)31-23)19-7-3-4-8-19/h5-6,9-12,17-19H,3-4,7-8,13-16H2,1-2H3,(H,31,36)(H,29,30,32). The Morgan fingerprint density at radius 1 is 1.05 bits per heavy atom. The van der Waals surface area contributed by atoms with Crippen molar-refractivity contribution < 1.29 is 9.53 Å². The summed E-state index contributed by atoms with van der Waals surface area (Å²) in [6.45, 7) is 4.07. The summed E-state index contributed by atoms with van der Waals surface area (Å²) in [5, 5.41) is 6.40. The second-order valence-electron chi connectivity index (χ2n) is 10.0. The Bertz CT molecular complexity index is 1300. The normalized spacial score (nSPS) is 18.2. The summed E-state index contributed by atoms with van der Waals surface area (Å²) in [4.78, 5) is 29.3. The highest BCUT2D eigenvalue weighted by atomic mass is 16.5. The monoisotopic (exact) mass is 499 g/mol. The van der Waals surface area contributed by atoms with Gasteiger partial charge in [-0.3, -0.25) is 4.90 Å². The highest BCUT2D eigenvalue weighted by Crippen LogP contribution is 2.41. The molecule has 2 aromatic carbocycles. The number of urea groups is 1. The highest BCUT2D eigenvalue weighted by Gasteiger charge is 2.33. The van der Waals surface area contributed by atoms with Gasteiger partial charge in [0.05, 0.1) is 30.4 Å². The summed E-state index contributed by atoms with van der Waals surface area (Å²) in [7, 11) is 3.83. The number of anilines is 5. The minimum absolute atomic E-state index is 0.122. The molecule has 2 aliphatic heterocycles. The van der Waals surface area contributed by atoms with Crippen LogP contribution >= 0.6 is 0 Å². The number of nitrogens with zero attached hydrogens (tertiary/aromatic N) is 5. The van der Waals surface area contributed by atoms with Gasteiger partial charge in [-0.2, -0.15) is 0 Å². The van der Waals surface area contributed by atoms with Gasteiger partial charge in [0.2, 0.25) is 5.95 Å². The van der Waals surface area contributed by atoms with Crippen LogP contribution in [0.15, 0.2) is 48.7 Å². The number of rotatable bonds is 5. The number of carbonyl (C=O) groups excluding carboxylic acids is 1. The predicted octanol–water partition coefficient (Wildman–Crippen LogP) is 4.94. The summed E-state index contributed by atoms with van der Waals surface area (Å²) in [5.74, 6) is 1.18. The zero-order valence-electron chi connectivity index (χ0n) is 21.4. The van der Waals surface area contributed by atoms with Gasteiger partial charge in [0.25, 0.3) is 0 Å². The van der Waals surface area contributed by atoms with Crippen molar-refractivity contribution in [1.29, 1.82) is 0 Å². The molecule has 1 saturated heterocycles. The van der Waals surface area contributed by atoms with Crippen LogP contribution in [0.5, 0.6) is 5.75 Å². The second kappa shape index (κ2) is 9.89. The third-order valence-corrected chi connectivity index (χ3v) is 7.66. The molecule has 1 aromatic heterocycles. The second-order valence-corrected chi connectivity index (χ2v) is 10.0. The molecule has 2 N–H and O–H groups in total. The summed E-state index contributed by atoms with van der Waals surface area (Å²) in [5.41, 5.74) is 5.06. The Labute approximate surface area is 217 Å². The summed E-state index contributed by atoms with van der Waals surface area (Å²) >= 11 is 0. The first-order valence-corrected chi connectivity index (χ1v) is 13.1. The summed E-state index contributed by atoms with van der Waals surface area (Å²) in [6, 6.07) is 14.3. The Hall–Kier alpha value is -3.85. The van der Waals surface area contributed by atoms with Crippen molar-refractivity contribution >= 4 is 34.7 Å². The fourth-order valence-corrected chi connectivity index (χ4v) is 5.60. The molecule has 6 rings (SSSR count). The molecule has 3 aromatic rings. The Morgan fingerprint density at radius 2 is 1.84 bits per heavy atom. The number of nitrogens with one attached hydrogen (secondary N) is 2. The van der Waals surface area contributed by atoms with Gasteiger partial charge in [-0.15, -0.1) is 0 Å². The number of methoxy groups -OCH3 is 1. The topological polar surface area (TPSA) is 85.9 Å². The first kappa shape index (κ1) is 23.5. The fraction of sp³-hybridized carbons (Fsp3) is 0.393. The molecule has 9 nitrogen and oxygen atoms in total. The van der Waals surface area contributed by atoms with E-state index in [2.05, 4.69) is 44.6 Å². The maximum atomic E-state index is 13.3. The van der Waals surface area contributed by atoms with E-state index in [1.165, 1.54) is 0 Å². The number of fused-ring (bicyclic) bond motifs is 3. The molecule has 1 saturated carbocycles. The lowest BCUT2D eigenvalue weighted by Gasteiger charge is -2.34. The van der Waals surface area contributed by atoms with E-state index in [9.17, 15) is 4.79 Å². The van der Waals surface area contributed by atoms with E-state index in [-0.39, 0.29) is 12.1 Å². The van der Waals surface area contributed by atoms with E-state index in [1.807, 2.05) is 35.2 Å². The average molecular weight is 500 g/mol. The molecular formula is C28H33N7O2. The van der Waals surface area contributed by atoms with E-state index < -0.39 is 0 Å². The molecule has 0 radical (unpaired) electrons. The third kappa shape index (κ3) is 4.55. The molecule has 2 fully saturated rings. The van der Waals surface area contributed by atoms with Crippen molar-refractivity contribution in [2.24, 2.45) is 0 Å². The van der Waals surface area contributed by atoms with Crippen LogP contribution in [0, 0.1) is 0 Å². The van der Waals surface area contributed by atoms with Gasteiger partial charge in [-0.25, -0.2) is 14.8 Å². The minimum Gasteiger partial charge on any atom is -0.494 e. The molecule has 3 aliphatic rings. The fourth-order valence-electron chi connectivity index (χ4n) is 5.60. The van der Waals surface area contributed by atoms with Crippen molar-refractivity contribution in [3.63, 3.8) is 0 Å². The summed E-state index contributed by atoms with van der Waals surface area (Å²) < 4.78 is 5.73. The van der Waals surface area contributed by atoms with Crippen LogP contribution < -0.4 is 25.2 Å². The Balaban J connectivity index is 1.31. The number of hydrogen-bond acceptors (Lipinski definition) is 7. The van der Waals surface area contributed by atoms with Crippen molar-refractivity contribution in [3.8, 4) is 17.0 Å². The minimum atomic E-state index is -0.122. The number of aromatic nitrogens is 2. The van der Waals surface area contributed by atoms with Crippen molar-refractivity contribution in [2.45, 2.75) is 31.7 Å². The van der Waals surface area contributed by atoms with E-state index in [0.29, 0.717) is 17.3 Å².